The van der Waals surface area contributed by atoms with Gasteiger partial charge < -0.3 is 14.9 Å². The largest absolute Gasteiger partial charge is 2.00 e. The molecule has 59 heavy (non-hydrogen) atoms. The summed E-state index contributed by atoms with van der Waals surface area (Å²) in [6.45, 7) is 0. The zero-order valence-electron chi connectivity index (χ0n) is 32.6. The maximum atomic E-state index is 14.7. The first kappa shape index (κ1) is 41.9. The van der Waals surface area contributed by atoms with Crippen LogP contribution in [0.2, 0.25) is 0 Å². The third-order valence-corrected chi connectivity index (χ3v) is 18.9. The monoisotopic (exact) mass is 997 g/mol. The molecule has 0 saturated heterocycles. The smallest absolute Gasteiger partial charge is 0.358 e. The molecule has 0 fully saturated rings. The Labute approximate surface area is 359 Å². The minimum absolute atomic E-state index is 0. The van der Waals surface area contributed by atoms with Crippen LogP contribution < -0.4 is 22.2 Å². The number of aromatic nitrogens is 4. The van der Waals surface area contributed by atoms with Gasteiger partial charge in [-0.2, -0.15) is 0 Å². The first-order chi connectivity index (χ1) is 27.5. The molecule has 0 aliphatic carbocycles. The maximum Gasteiger partial charge on any atom is 2.00 e. The van der Waals surface area contributed by atoms with E-state index < -0.39 is 15.8 Å². The van der Waals surface area contributed by atoms with Gasteiger partial charge in [-0.05, 0) is 24.3 Å². The van der Waals surface area contributed by atoms with Crippen molar-refractivity contribution in [2.45, 2.75) is 23.1 Å². The molecule has 2 aliphatic rings. The van der Waals surface area contributed by atoms with Gasteiger partial charge in [0.2, 0.25) is 0 Å². The van der Waals surface area contributed by atoms with Crippen LogP contribution in [0.3, 0.4) is 0 Å². The normalized spacial score (nSPS) is 19.3. The summed E-state index contributed by atoms with van der Waals surface area (Å²) in [5.74, 6) is -1.39. The second-order valence-electron chi connectivity index (χ2n) is 14.6. The Kier molecular flexibility index (Phi) is 12.2. The molecular weight excluding hydrogens is 954 g/mol. The summed E-state index contributed by atoms with van der Waals surface area (Å²) in [5.41, 5.74) is 3.28. The van der Waals surface area contributed by atoms with Gasteiger partial charge >= 0.3 is 21.1 Å². The Morgan fingerprint density at radius 1 is 0.322 bits per heavy atom. The predicted molar refractivity (Wildman–Crippen MR) is 242 cm³/mol. The molecule has 0 radical (unpaired) electrons. The molecule has 10 rings (SSSR count). The van der Waals surface area contributed by atoms with Crippen LogP contribution in [0.4, 0.5) is 0 Å². The van der Waals surface area contributed by atoms with Gasteiger partial charge in [-0.25, -0.2) is 18.7 Å². The minimum Gasteiger partial charge on any atom is -0.358 e. The SMILES string of the molecule is O=c1c2ccccc2c(=O)n2n1C(c1ccccc1)[PH+](CC[PH+]1[C@@H](c3ccccc3)n3c(=O)c4ccccc4c(=O)n3[C@@H]1c1ccccc1)[C@H]2c1ccccc1.[CH3-].[CH3-].[Pt+2]. The van der Waals surface area contributed by atoms with E-state index in [-0.39, 0.29) is 81.3 Å². The van der Waals surface area contributed by atoms with Crippen molar-refractivity contribution >= 4 is 37.4 Å². The zero-order valence-corrected chi connectivity index (χ0v) is 36.9. The van der Waals surface area contributed by atoms with Crippen molar-refractivity contribution in [1.29, 1.82) is 0 Å². The summed E-state index contributed by atoms with van der Waals surface area (Å²) in [4.78, 5) is 58.8. The van der Waals surface area contributed by atoms with Crippen molar-refractivity contribution in [3.8, 4) is 0 Å². The molecule has 2 aromatic heterocycles. The van der Waals surface area contributed by atoms with Gasteiger partial charge in [-0.1, -0.05) is 146 Å². The van der Waals surface area contributed by atoms with E-state index >= 15 is 0 Å². The average molecular weight is 998 g/mol. The van der Waals surface area contributed by atoms with E-state index in [1.165, 1.54) is 0 Å². The fourth-order valence-electron chi connectivity index (χ4n) is 9.29. The second-order valence-corrected chi connectivity index (χ2v) is 20.1. The molecule has 6 aromatic carbocycles. The van der Waals surface area contributed by atoms with Crippen molar-refractivity contribution in [3.05, 3.63) is 248 Å². The molecule has 8 nitrogen and oxygen atoms in total. The summed E-state index contributed by atoms with van der Waals surface area (Å²) in [6, 6.07) is 54.8. The quantitative estimate of drug-likeness (QED) is 0.118. The summed E-state index contributed by atoms with van der Waals surface area (Å²) in [7, 11) is -3.47. The van der Waals surface area contributed by atoms with Gasteiger partial charge in [0.15, 0.2) is 23.1 Å². The molecule has 11 heteroatoms. The number of hydrogen-bond acceptors (Lipinski definition) is 4. The molecule has 0 bridgehead atoms. The Bertz CT molecular complexity index is 2600. The molecular formula is C48H44N4O4P2Pt+2. The van der Waals surface area contributed by atoms with Crippen LogP contribution in [0.15, 0.2) is 189 Å². The average Bonchev–Trinajstić information content (AvgIpc) is 3.79. The van der Waals surface area contributed by atoms with Gasteiger partial charge in [0.25, 0.3) is 22.2 Å². The fourth-order valence-corrected chi connectivity index (χ4v) is 18.0. The molecule has 2 unspecified atom stereocenters. The third-order valence-electron chi connectivity index (χ3n) is 11.6. The first-order valence-corrected chi connectivity index (χ1v) is 22.7. The van der Waals surface area contributed by atoms with Gasteiger partial charge in [0.1, 0.15) is 0 Å². The van der Waals surface area contributed by atoms with Crippen molar-refractivity contribution < 1.29 is 21.1 Å². The number of benzene rings is 6. The van der Waals surface area contributed by atoms with Crippen LogP contribution in [0.25, 0.3) is 21.5 Å². The third kappa shape index (κ3) is 6.76. The Morgan fingerprint density at radius 2 is 0.508 bits per heavy atom. The van der Waals surface area contributed by atoms with Crippen LogP contribution in [0, 0.1) is 14.9 Å². The summed E-state index contributed by atoms with van der Waals surface area (Å²) >= 11 is 0. The summed E-state index contributed by atoms with van der Waals surface area (Å²) in [5, 5.41) is 1.67. The van der Waals surface area contributed by atoms with E-state index in [0.29, 0.717) is 21.5 Å². The topological polar surface area (TPSA) is 88.0 Å². The van der Waals surface area contributed by atoms with E-state index in [0.717, 1.165) is 34.6 Å². The first-order valence-electron chi connectivity index (χ1n) is 19.0. The molecule has 0 amide bonds. The van der Waals surface area contributed by atoms with E-state index in [9.17, 15) is 19.2 Å². The number of fused-ring (bicyclic) bond motifs is 4. The molecule has 8 aromatic rings. The van der Waals surface area contributed by atoms with Crippen molar-refractivity contribution in [2.24, 2.45) is 0 Å². The van der Waals surface area contributed by atoms with E-state index in [2.05, 4.69) is 48.5 Å². The van der Waals surface area contributed by atoms with Gasteiger partial charge in [0.05, 0.1) is 49.7 Å². The Hall–Kier alpha value is -5.25. The summed E-state index contributed by atoms with van der Waals surface area (Å²) in [6.07, 6.45) is 1.46. The predicted octanol–water partition coefficient (Wildman–Crippen LogP) is 8.88. The van der Waals surface area contributed by atoms with Gasteiger partial charge in [-0.15, -0.1) is 0 Å². The molecule has 0 saturated carbocycles. The van der Waals surface area contributed by atoms with Crippen LogP contribution in [-0.4, -0.2) is 31.1 Å². The second kappa shape index (κ2) is 17.2. The number of hydrogen-bond donors (Lipinski definition) is 0. The minimum atomic E-state index is -1.74. The maximum absolute atomic E-state index is 14.7. The standard InChI is InChI=1S/C46H36N4O4P2.2CH3.Pt/c51-39-35-25-13-14-26-36(35)40(52)48-44(32-19-7-2-8-20-32)55(43(47(39)48)31-17-5-1-6-18-31)29-30-56-45(33-21-9-3-10-22-33)49-41(53)37-27-15-16-28-38(37)42(54)50(49)46(56)34-23-11-4-12-24-34;;;/h1-28,43-46H,29-30H2;2*1H3;/q;2*-1;+2/p+2/t43-,44-,45-,46?,56?;;;/m0.../s1. The molecule has 0 spiro atoms. The van der Waals surface area contributed by atoms with Gasteiger partial charge in [-0.3, -0.25) is 19.2 Å². The van der Waals surface area contributed by atoms with E-state index in [1.54, 1.807) is 43.0 Å². The van der Waals surface area contributed by atoms with Gasteiger partial charge in [0, 0.05) is 22.3 Å². The molecule has 0 N–H and O–H groups in total. The molecule has 4 heterocycles. The van der Waals surface area contributed by atoms with Crippen LogP contribution in [0.5, 0.6) is 0 Å². The van der Waals surface area contributed by atoms with Crippen molar-refractivity contribution in [2.75, 3.05) is 12.3 Å². The molecule has 2 aliphatic heterocycles. The van der Waals surface area contributed by atoms with Crippen LogP contribution in [-0.2, 0) is 21.1 Å². The van der Waals surface area contributed by atoms with Crippen molar-refractivity contribution in [3.63, 3.8) is 0 Å². The number of nitrogens with zero attached hydrogens (tertiary/aromatic N) is 4. The van der Waals surface area contributed by atoms with Crippen LogP contribution in [0.1, 0.15) is 45.4 Å². The molecule has 5 atom stereocenters. The van der Waals surface area contributed by atoms with Crippen molar-refractivity contribution in [1.82, 2.24) is 18.7 Å². The zero-order chi connectivity index (χ0) is 37.9. The van der Waals surface area contributed by atoms with E-state index in [1.807, 2.05) is 97.1 Å². The Balaban J connectivity index is 0.00000176. The Morgan fingerprint density at radius 3 is 0.712 bits per heavy atom. The molecule has 298 valence electrons. The van der Waals surface area contributed by atoms with E-state index in [4.69, 9.17) is 0 Å². The number of rotatable bonds is 7. The summed E-state index contributed by atoms with van der Waals surface area (Å²) < 4.78 is 7.05. The van der Waals surface area contributed by atoms with Crippen LogP contribution >= 0.6 is 15.8 Å². The fraction of sp³-hybridized carbons (Fsp3) is 0.125.